The highest BCUT2D eigenvalue weighted by atomic mass is 15.3. The van der Waals surface area contributed by atoms with Crippen LogP contribution in [0.5, 0.6) is 0 Å². The average molecular weight is 263 g/mol. The first-order valence-electron chi connectivity index (χ1n) is 7.14. The van der Waals surface area contributed by atoms with E-state index < -0.39 is 0 Å². The number of rotatable bonds is 6. The van der Waals surface area contributed by atoms with Crippen molar-refractivity contribution in [2.75, 3.05) is 50.5 Å². The standard InChI is InChI=1S/C14H25N5/c1-12-11-13(15-7-6-8-18(2)3)17-14(16-12)19-9-4-5-10-19/h11H,4-10H2,1-3H3,(H,15,16,17). The van der Waals surface area contributed by atoms with E-state index in [-0.39, 0.29) is 0 Å². The van der Waals surface area contributed by atoms with Crippen LogP contribution in [0.3, 0.4) is 0 Å². The van der Waals surface area contributed by atoms with E-state index in [9.17, 15) is 0 Å². The molecule has 0 radical (unpaired) electrons. The molecular weight excluding hydrogens is 238 g/mol. The minimum Gasteiger partial charge on any atom is -0.370 e. The third-order valence-corrected chi connectivity index (χ3v) is 3.32. The largest absolute Gasteiger partial charge is 0.370 e. The summed E-state index contributed by atoms with van der Waals surface area (Å²) < 4.78 is 0. The molecule has 106 valence electrons. The summed E-state index contributed by atoms with van der Waals surface area (Å²) in [6.07, 6.45) is 3.63. The van der Waals surface area contributed by atoms with Crippen LogP contribution in [0.15, 0.2) is 6.07 Å². The molecule has 0 spiro atoms. The Labute approximate surface area is 116 Å². The van der Waals surface area contributed by atoms with Gasteiger partial charge in [0, 0.05) is 31.4 Å². The Morgan fingerprint density at radius 3 is 2.68 bits per heavy atom. The Balaban J connectivity index is 1.92. The molecule has 0 aromatic carbocycles. The maximum absolute atomic E-state index is 4.62. The van der Waals surface area contributed by atoms with Gasteiger partial charge in [-0.2, -0.15) is 4.98 Å². The Hall–Kier alpha value is -1.36. The highest BCUT2D eigenvalue weighted by molar-refractivity contribution is 5.44. The third-order valence-electron chi connectivity index (χ3n) is 3.32. The van der Waals surface area contributed by atoms with Crippen molar-refractivity contribution in [2.45, 2.75) is 26.2 Å². The normalized spacial score (nSPS) is 15.3. The lowest BCUT2D eigenvalue weighted by Gasteiger charge is -2.17. The van der Waals surface area contributed by atoms with Gasteiger partial charge in [-0.3, -0.25) is 0 Å². The van der Waals surface area contributed by atoms with Crippen LogP contribution >= 0.6 is 0 Å². The second-order valence-electron chi connectivity index (χ2n) is 5.47. The molecule has 1 saturated heterocycles. The second-order valence-corrected chi connectivity index (χ2v) is 5.47. The number of hydrogen-bond acceptors (Lipinski definition) is 5. The van der Waals surface area contributed by atoms with Gasteiger partial charge in [-0.05, 0) is 46.8 Å². The van der Waals surface area contributed by atoms with Crippen LogP contribution in [-0.4, -0.2) is 55.1 Å². The number of aryl methyl sites for hydroxylation is 1. The van der Waals surface area contributed by atoms with Gasteiger partial charge in [0.05, 0.1) is 0 Å². The molecule has 1 fully saturated rings. The Kier molecular flexibility index (Phi) is 4.96. The lowest BCUT2D eigenvalue weighted by atomic mass is 10.3. The smallest absolute Gasteiger partial charge is 0.227 e. The summed E-state index contributed by atoms with van der Waals surface area (Å²) >= 11 is 0. The van der Waals surface area contributed by atoms with E-state index in [2.05, 4.69) is 39.2 Å². The van der Waals surface area contributed by atoms with Crippen LogP contribution < -0.4 is 10.2 Å². The molecule has 1 aromatic heterocycles. The van der Waals surface area contributed by atoms with Crippen LogP contribution in [0.2, 0.25) is 0 Å². The molecule has 1 aliphatic heterocycles. The van der Waals surface area contributed by atoms with Crippen molar-refractivity contribution in [3.8, 4) is 0 Å². The van der Waals surface area contributed by atoms with Crippen LogP contribution in [-0.2, 0) is 0 Å². The zero-order valence-electron chi connectivity index (χ0n) is 12.3. The molecule has 19 heavy (non-hydrogen) atoms. The molecule has 0 aliphatic carbocycles. The minimum absolute atomic E-state index is 0.882. The molecule has 0 bridgehead atoms. The molecular formula is C14H25N5. The Bertz CT molecular complexity index is 399. The molecule has 0 atom stereocenters. The maximum atomic E-state index is 4.62. The summed E-state index contributed by atoms with van der Waals surface area (Å²) in [6, 6.07) is 2.02. The van der Waals surface area contributed by atoms with Crippen LogP contribution in [0.4, 0.5) is 11.8 Å². The van der Waals surface area contributed by atoms with E-state index in [1.807, 2.05) is 13.0 Å². The molecule has 2 rings (SSSR count). The summed E-state index contributed by atoms with van der Waals surface area (Å²) in [5.41, 5.74) is 1.03. The number of nitrogens with one attached hydrogen (secondary N) is 1. The summed E-state index contributed by atoms with van der Waals surface area (Å²) in [5, 5.41) is 3.40. The molecule has 5 nitrogen and oxygen atoms in total. The predicted molar refractivity (Wildman–Crippen MR) is 79.9 cm³/mol. The Morgan fingerprint density at radius 2 is 2.00 bits per heavy atom. The quantitative estimate of drug-likeness (QED) is 0.792. The number of anilines is 2. The number of nitrogens with zero attached hydrogens (tertiary/aromatic N) is 4. The molecule has 2 heterocycles. The SMILES string of the molecule is Cc1cc(NCCCN(C)C)nc(N2CCCC2)n1. The Morgan fingerprint density at radius 1 is 1.26 bits per heavy atom. The summed E-state index contributed by atoms with van der Waals surface area (Å²) in [7, 11) is 4.20. The average Bonchev–Trinajstić information content (AvgIpc) is 2.87. The fourth-order valence-corrected chi connectivity index (χ4v) is 2.31. The molecule has 1 aromatic rings. The lowest BCUT2D eigenvalue weighted by molar-refractivity contribution is 0.405. The van der Waals surface area contributed by atoms with E-state index in [4.69, 9.17) is 0 Å². The van der Waals surface area contributed by atoms with Crippen molar-refractivity contribution >= 4 is 11.8 Å². The van der Waals surface area contributed by atoms with E-state index in [0.717, 1.165) is 50.1 Å². The molecule has 5 heteroatoms. The predicted octanol–water partition coefficient (Wildman–Crippen LogP) is 1.75. The summed E-state index contributed by atoms with van der Waals surface area (Å²) in [5.74, 6) is 1.83. The van der Waals surface area contributed by atoms with Crippen molar-refractivity contribution in [3.63, 3.8) is 0 Å². The van der Waals surface area contributed by atoms with E-state index in [0.29, 0.717) is 0 Å². The zero-order valence-corrected chi connectivity index (χ0v) is 12.3. The van der Waals surface area contributed by atoms with Crippen molar-refractivity contribution in [3.05, 3.63) is 11.8 Å². The van der Waals surface area contributed by atoms with Crippen molar-refractivity contribution in [2.24, 2.45) is 0 Å². The summed E-state index contributed by atoms with van der Waals surface area (Å²) in [4.78, 5) is 13.6. The fraction of sp³-hybridized carbons (Fsp3) is 0.714. The van der Waals surface area contributed by atoms with Gasteiger partial charge in [-0.1, -0.05) is 0 Å². The van der Waals surface area contributed by atoms with Gasteiger partial charge >= 0.3 is 0 Å². The third kappa shape index (κ3) is 4.35. The van der Waals surface area contributed by atoms with Crippen LogP contribution in [0.1, 0.15) is 25.0 Å². The van der Waals surface area contributed by atoms with Gasteiger partial charge in [0.25, 0.3) is 0 Å². The van der Waals surface area contributed by atoms with E-state index >= 15 is 0 Å². The summed E-state index contributed by atoms with van der Waals surface area (Å²) in [6.45, 7) is 6.25. The van der Waals surface area contributed by atoms with Gasteiger partial charge in [0.2, 0.25) is 5.95 Å². The minimum atomic E-state index is 0.882. The first-order chi connectivity index (χ1) is 9.15. The number of hydrogen-bond donors (Lipinski definition) is 1. The fourth-order valence-electron chi connectivity index (χ4n) is 2.31. The van der Waals surface area contributed by atoms with Gasteiger partial charge in [-0.25, -0.2) is 4.98 Å². The number of aromatic nitrogens is 2. The van der Waals surface area contributed by atoms with Gasteiger partial charge < -0.3 is 15.1 Å². The van der Waals surface area contributed by atoms with Crippen molar-refractivity contribution < 1.29 is 0 Å². The topological polar surface area (TPSA) is 44.3 Å². The second kappa shape index (κ2) is 6.70. The van der Waals surface area contributed by atoms with Crippen LogP contribution in [0.25, 0.3) is 0 Å². The first-order valence-corrected chi connectivity index (χ1v) is 7.14. The lowest BCUT2D eigenvalue weighted by Crippen LogP contribution is -2.21. The maximum Gasteiger partial charge on any atom is 0.227 e. The highest BCUT2D eigenvalue weighted by Gasteiger charge is 2.15. The van der Waals surface area contributed by atoms with E-state index in [1.54, 1.807) is 0 Å². The van der Waals surface area contributed by atoms with Crippen molar-refractivity contribution in [1.29, 1.82) is 0 Å². The highest BCUT2D eigenvalue weighted by Crippen LogP contribution is 2.18. The van der Waals surface area contributed by atoms with Gasteiger partial charge in [-0.15, -0.1) is 0 Å². The molecule has 1 N–H and O–H groups in total. The first kappa shape index (κ1) is 14.1. The molecule has 1 aliphatic rings. The molecule has 0 unspecified atom stereocenters. The molecule has 0 saturated carbocycles. The van der Waals surface area contributed by atoms with E-state index in [1.165, 1.54) is 12.8 Å². The zero-order chi connectivity index (χ0) is 13.7. The molecule has 0 amide bonds. The van der Waals surface area contributed by atoms with Crippen molar-refractivity contribution in [1.82, 2.24) is 14.9 Å². The van der Waals surface area contributed by atoms with Gasteiger partial charge in [0.15, 0.2) is 0 Å². The van der Waals surface area contributed by atoms with Crippen LogP contribution in [0, 0.1) is 6.92 Å². The monoisotopic (exact) mass is 263 g/mol. The van der Waals surface area contributed by atoms with Gasteiger partial charge in [0.1, 0.15) is 5.82 Å².